The van der Waals surface area contributed by atoms with Crippen LogP contribution in [0.2, 0.25) is 0 Å². The van der Waals surface area contributed by atoms with Crippen LogP contribution in [0, 0.1) is 27.3 Å². The Morgan fingerprint density at radius 3 is 2.46 bits per heavy atom. The van der Waals surface area contributed by atoms with E-state index in [0.717, 1.165) is 69.8 Å². The summed E-state index contributed by atoms with van der Waals surface area (Å²) in [6.07, 6.45) is 9.09. The summed E-state index contributed by atoms with van der Waals surface area (Å²) in [5.74, 6) is -0.564. The highest BCUT2D eigenvalue weighted by molar-refractivity contribution is 7.90. The maximum Gasteiger partial charge on any atom is 0.293 e. The van der Waals surface area contributed by atoms with Crippen molar-refractivity contribution in [3.63, 3.8) is 0 Å². The summed E-state index contributed by atoms with van der Waals surface area (Å²) in [6, 6.07) is 19.2. The lowest BCUT2D eigenvalue weighted by Gasteiger charge is -2.57. The van der Waals surface area contributed by atoms with Crippen LogP contribution in [0.15, 0.2) is 77.8 Å². The Balaban J connectivity index is 0.951. The SMILES string of the molecule is CO[C@H](C)COc1nc2[nH]cc(F)c2cc1Oc1cc(N2CCC3(CC2)CN([C@@H]2CCC[C@@H]2c2ccccc2C(C)C)C3)ccc1C(=O)NS(=O)(=O)c1ccc(NC[C@H]2CC[C@](C)(O)CC2)c([N+](=O)[O-])c1. The summed E-state index contributed by atoms with van der Waals surface area (Å²) in [4.78, 5) is 37.6. The molecule has 9 rings (SSSR count). The number of hydrogen-bond donors (Lipinski definition) is 4. The number of amides is 1. The third kappa shape index (κ3) is 10.9. The van der Waals surface area contributed by atoms with Gasteiger partial charge >= 0.3 is 0 Å². The highest BCUT2D eigenvalue weighted by Crippen LogP contribution is 2.49. The van der Waals surface area contributed by atoms with Gasteiger partial charge in [-0.3, -0.25) is 19.8 Å². The Hall–Kier alpha value is -5.82. The number of nitrogens with one attached hydrogen (secondary N) is 3. The van der Waals surface area contributed by atoms with Gasteiger partial charge < -0.3 is 34.5 Å². The number of nitro benzene ring substituents is 1. The van der Waals surface area contributed by atoms with Crippen LogP contribution in [0.3, 0.4) is 0 Å². The number of carbonyl (C=O) groups excluding carboxylic acids is 1. The number of benzene rings is 3. The molecule has 3 aromatic carbocycles. The van der Waals surface area contributed by atoms with E-state index >= 15 is 4.39 Å². The largest absolute Gasteiger partial charge is 0.472 e. The number of H-pyrrole nitrogens is 1. The number of nitrogens with zero attached hydrogens (tertiary/aromatic N) is 4. The van der Waals surface area contributed by atoms with Crippen molar-refractivity contribution in [1.82, 2.24) is 19.6 Å². The third-order valence-corrected chi connectivity index (χ3v) is 16.9. The molecule has 2 saturated heterocycles. The fourth-order valence-electron chi connectivity index (χ4n) is 11.2. The number of aromatic amines is 1. The zero-order valence-electron chi connectivity index (χ0n) is 41.2. The Bertz CT molecular complexity index is 2870. The molecule has 0 bridgehead atoms. The van der Waals surface area contributed by atoms with Crippen molar-refractivity contribution < 1.29 is 41.8 Å². The summed E-state index contributed by atoms with van der Waals surface area (Å²) in [5.41, 5.74) is 2.84. The van der Waals surface area contributed by atoms with Gasteiger partial charge in [0, 0.05) is 76.0 Å². The standard InChI is InChI=1S/C53H66FN7O9S/c1-33(2)38-9-6-7-10-39(38)40-11-8-12-45(40)60-31-53(32-60)21-23-59(24-22-53)36-13-15-41(47(25-36)70-48-27-42-43(54)29-56-49(42)57-51(48)69-30-34(3)68-5)50(62)58-71(66,67)37-14-16-44(46(26-37)61(64)65)55-28-35-17-19-52(4,63)20-18-35/h6-7,9-10,13-16,25-27,29,33-35,40,45,55,63H,8,11-12,17-24,28,30-32H2,1-5H3,(H,56,57)(H,58,62)/t34-,35-,40-,45-,52-/m1/s1. The summed E-state index contributed by atoms with van der Waals surface area (Å²) in [6.45, 7) is 12.2. The predicted molar refractivity (Wildman–Crippen MR) is 270 cm³/mol. The first-order valence-electron chi connectivity index (χ1n) is 25.0. The van der Waals surface area contributed by atoms with Crippen LogP contribution in [-0.4, -0.2) is 103 Å². The lowest BCUT2D eigenvalue weighted by Crippen LogP contribution is -2.63. The summed E-state index contributed by atoms with van der Waals surface area (Å²) < 4.78 is 62.9. The van der Waals surface area contributed by atoms with Crippen molar-refractivity contribution in [1.29, 1.82) is 0 Å². The van der Waals surface area contributed by atoms with Crippen molar-refractivity contribution >= 4 is 44.0 Å². The molecular weight excluding hydrogens is 930 g/mol. The minimum absolute atomic E-state index is 0.0179. The molecule has 2 aromatic heterocycles. The molecule has 5 aromatic rings. The van der Waals surface area contributed by atoms with Crippen LogP contribution < -0.4 is 24.4 Å². The smallest absolute Gasteiger partial charge is 0.293 e. The van der Waals surface area contributed by atoms with Gasteiger partial charge in [-0.2, -0.15) is 4.98 Å². The first-order chi connectivity index (χ1) is 33.9. The summed E-state index contributed by atoms with van der Waals surface area (Å²) in [7, 11) is -3.15. The van der Waals surface area contributed by atoms with E-state index < -0.39 is 42.9 Å². The number of likely N-dealkylation sites (tertiary alicyclic amines) is 1. The lowest BCUT2D eigenvalue weighted by atomic mass is 9.70. The highest BCUT2D eigenvalue weighted by Gasteiger charge is 2.49. The molecule has 18 heteroatoms. The topological polar surface area (TPSA) is 201 Å². The number of anilines is 2. The molecule has 4 N–H and O–H groups in total. The molecule has 3 atom stereocenters. The molecule has 4 aliphatic rings. The molecule has 4 fully saturated rings. The number of fused-ring (bicyclic) bond motifs is 1. The molecule has 16 nitrogen and oxygen atoms in total. The van der Waals surface area contributed by atoms with Crippen LogP contribution >= 0.6 is 0 Å². The van der Waals surface area contributed by atoms with Gasteiger partial charge in [0.15, 0.2) is 5.75 Å². The minimum atomic E-state index is -4.69. The van der Waals surface area contributed by atoms with E-state index in [2.05, 4.69) is 67.9 Å². The fourth-order valence-corrected chi connectivity index (χ4v) is 12.2. The highest BCUT2D eigenvalue weighted by atomic mass is 32.2. The second-order valence-corrected chi connectivity index (χ2v) is 22.6. The number of piperidine rings is 1. The van der Waals surface area contributed by atoms with Gasteiger partial charge in [-0.15, -0.1) is 0 Å². The molecule has 1 spiro atoms. The van der Waals surface area contributed by atoms with E-state index in [-0.39, 0.29) is 63.7 Å². The van der Waals surface area contributed by atoms with Gasteiger partial charge in [-0.05, 0) is 124 Å². The average Bonchev–Trinajstić information content (AvgIpc) is 3.97. The van der Waals surface area contributed by atoms with Crippen molar-refractivity contribution in [2.24, 2.45) is 11.3 Å². The van der Waals surface area contributed by atoms with Crippen molar-refractivity contribution in [2.75, 3.05) is 56.7 Å². The van der Waals surface area contributed by atoms with Crippen molar-refractivity contribution in [3.8, 4) is 17.4 Å². The van der Waals surface area contributed by atoms with Gasteiger partial charge in [-0.25, -0.2) is 17.5 Å². The number of carbonyl (C=O) groups is 1. The van der Waals surface area contributed by atoms with Crippen molar-refractivity contribution in [2.45, 2.75) is 120 Å². The van der Waals surface area contributed by atoms with Gasteiger partial charge in [0.25, 0.3) is 27.5 Å². The van der Waals surface area contributed by atoms with Gasteiger partial charge in [-0.1, -0.05) is 44.5 Å². The number of hydrogen-bond acceptors (Lipinski definition) is 13. The van der Waals surface area contributed by atoms with Crippen molar-refractivity contribution in [3.05, 3.63) is 106 Å². The second kappa shape index (κ2) is 20.4. The molecule has 2 aliphatic carbocycles. The van der Waals surface area contributed by atoms with E-state index in [4.69, 9.17) is 14.2 Å². The summed E-state index contributed by atoms with van der Waals surface area (Å²) >= 11 is 0. The number of aliphatic hydroxyl groups is 1. The van der Waals surface area contributed by atoms with Gasteiger partial charge in [0.1, 0.15) is 29.5 Å². The van der Waals surface area contributed by atoms with Crippen LogP contribution in [0.25, 0.3) is 11.0 Å². The molecule has 0 radical (unpaired) electrons. The Kier molecular flexibility index (Phi) is 14.4. The molecule has 71 heavy (non-hydrogen) atoms. The molecule has 1 amide bonds. The molecule has 2 aliphatic heterocycles. The first kappa shape index (κ1) is 50.1. The normalized spacial score (nSPS) is 22.9. The van der Waals surface area contributed by atoms with Gasteiger partial charge in [0.05, 0.1) is 32.5 Å². The Morgan fingerprint density at radius 2 is 1.75 bits per heavy atom. The first-order valence-corrected chi connectivity index (χ1v) is 26.4. The zero-order valence-corrected chi connectivity index (χ0v) is 42.0. The molecular formula is C53H66FN7O9S. The Morgan fingerprint density at radius 1 is 1.00 bits per heavy atom. The number of rotatable bonds is 17. The number of ether oxygens (including phenoxy) is 3. The van der Waals surface area contributed by atoms with Crippen LogP contribution in [0.1, 0.15) is 119 Å². The van der Waals surface area contributed by atoms with E-state index in [1.54, 1.807) is 26.0 Å². The van der Waals surface area contributed by atoms with Crippen LogP contribution in [0.4, 0.5) is 21.5 Å². The van der Waals surface area contributed by atoms with E-state index in [1.807, 2.05) is 0 Å². The van der Waals surface area contributed by atoms with E-state index in [1.165, 1.54) is 61.8 Å². The van der Waals surface area contributed by atoms with Crippen LogP contribution in [-0.2, 0) is 14.8 Å². The maximum absolute atomic E-state index is 15.1. The quantitative estimate of drug-likeness (QED) is 0.0507. The van der Waals surface area contributed by atoms with Gasteiger partial charge in [0.2, 0.25) is 0 Å². The number of sulfonamides is 1. The second-order valence-electron chi connectivity index (χ2n) is 20.9. The third-order valence-electron chi connectivity index (χ3n) is 15.5. The van der Waals surface area contributed by atoms with E-state index in [9.17, 15) is 28.4 Å². The predicted octanol–water partition coefficient (Wildman–Crippen LogP) is 9.65. The van der Waals surface area contributed by atoms with Crippen LogP contribution in [0.5, 0.6) is 17.4 Å². The summed E-state index contributed by atoms with van der Waals surface area (Å²) in [5, 5.41) is 25.8. The number of halogens is 1. The zero-order chi connectivity index (χ0) is 50.2. The molecule has 0 unspecified atom stereocenters. The lowest BCUT2D eigenvalue weighted by molar-refractivity contribution is -0.384. The monoisotopic (exact) mass is 995 g/mol. The fraction of sp³-hybridized carbons (Fsp3) is 0.509. The number of methoxy groups -OCH3 is 1. The van der Waals surface area contributed by atoms with E-state index in [0.29, 0.717) is 37.3 Å². The minimum Gasteiger partial charge on any atom is -0.472 e. The molecule has 2 saturated carbocycles. The maximum atomic E-state index is 15.1. The average molecular weight is 996 g/mol. The molecule has 380 valence electrons. The Labute approximate surface area is 414 Å². The number of aromatic nitrogens is 2. The molecule has 4 heterocycles. The number of pyridine rings is 1. The number of nitro groups is 1.